The fourth-order valence-electron chi connectivity index (χ4n) is 16.8. The molecule has 0 N–H and O–H groups in total. The minimum Gasteiger partial charge on any atom is -0.310 e. The van der Waals surface area contributed by atoms with Crippen LogP contribution in [0.3, 0.4) is 0 Å². The van der Waals surface area contributed by atoms with Crippen molar-refractivity contribution in [2.45, 2.75) is 183 Å². The third kappa shape index (κ3) is 7.07. The van der Waals surface area contributed by atoms with E-state index in [1.807, 2.05) is 0 Å². The van der Waals surface area contributed by atoms with Crippen LogP contribution in [-0.4, -0.2) is 28.5 Å². The SMILES string of the molecule is CC(C)(C)c1cc(C(C)(C)C)c(-n2c3ccccc3c3c4c5c(cc32)c2ccccc2n5-c2ccc3c5c2B4c2cc(C(C)(C)C)cc4c6cc(C(C)(C)C)cc(c6n-5c24)[Si]32c3cc(C(C)(C)C)ccc3-c3ccc(C(C)(C)C)cc32)c(C(C)(C)C)c1. The van der Waals surface area contributed by atoms with Gasteiger partial charge in [-0.3, -0.25) is 0 Å². The van der Waals surface area contributed by atoms with Crippen LogP contribution in [0.25, 0.3) is 93.6 Å². The Labute approximate surface area is 517 Å². The van der Waals surface area contributed by atoms with Gasteiger partial charge >= 0.3 is 0 Å². The van der Waals surface area contributed by atoms with Crippen molar-refractivity contribution in [2.24, 2.45) is 0 Å². The Bertz CT molecular complexity index is 5030. The summed E-state index contributed by atoms with van der Waals surface area (Å²) < 4.78 is 8.37. The predicted molar refractivity (Wildman–Crippen MR) is 381 cm³/mol. The molecule has 4 aliphatic rings. The van der Waals surface area contributed by atoms with Gasteiger partial charge in [0.25, 0.3) is 6.71 Å². The first-order valence-corrected chi connectivity index (χ1v) is 34.5. The Morgan fingerprint density at radius 2 is 0.782 bits per heavy atom. The Kier molecular flexibility index (Phi) is 10.5. The van der Waals surface area contributed by atoms with Crippen molar-refractivity contribution >= 4 is 117 Å². The standard InChI is InChI=1S/C82H86BN3Si/c1-76(2,3)45-30-32-51-52-33-31-46(77(4,5)6)42-66(52)87(65(51)41-45)64-35-34-62-69-75(64)86-71-54(55-37-48(79(10,11)12)43-67(87)72(55)86)36-47(78(7,8)9)40-59(71)83(69)70-68-53-27-23-25-29-61(53)85(63(68)44-56-50-26-22-24-28-60(50)84(62)73(56)70)74-57(81(16,17)18)38-49(80(13,14)15)39-58(74)82(19,20)21/h22-44H,1-21H3. The lowest BCUT2D eigenvalue weighted by atomic mass is 9.33. The van der Waals surface area contributed by atoms with Crippen LogP contribution in [0.15, 0.2) is 140 Å². The van der Waals surface area contributed by atoms with Crippen LogP contribution in [0.2, 0.25) is 0 Å². The summed E-state index contributed by atoms with van der Waals surface area (Å²) >= 11 is 0. The van der Waals surface area contributed by atoms with Crippen LogP contribution in [-0.2, 0) is 37.9 Å². The molecule has 436 valence electrons. The van der Waals surface area contributed by atoms with Crippen LogP contribution in [0, 0.1) is 0 Å². The first-order chi connectivity index (χ1) is 40.6. The van der Waals surface area contributed by atoms with Gasteiger partial charge < -0.3 is 13.7 Å². The van der Waals surface area contributed by atoms with Gasteiger partial charge in [0, 0.05) is 49.2 Å². The highest BCUT2D eigenvalue weighted by Gasteiger charge is 2.57. The van der Waals surface area contributed by atoms with E-state index in [0.717, 1.165) is 0 Å². The second kappa shape index (κ2) is 16.7. The van der Waals surface area contributed by atoms with Crippen molar-refractivity contribution in [2.75, 3.05) is 0 Å². The molecule has 12 aromatic rings. The van der Waals surface area contributed by atoms with Crippen molar-refractivity contribution in [1.29, 1.82) is 0 Å². The molecule has 0 atom stereocenters. The molecule has 0 radical (unpaired) electrons. The molecule has 0 fully saturated rings. The van der Waals surface area contributed by atoms with E-state index in [-0.39, 0.29) is 44.6 Å². The van der Waals surface area contributed by atoms with Crippen LogP contribution >= 0.6 is 0 Å². The average Bonchev–Trinajstić information content (AvgIpc) is 1.53. The Morgan fingerprint density at radius 1 is 0.310 bits per heavy atom. The van der Waals surface area contributed by atoms with E-state index in [0.29, 0.717) is 0 Å². The van der Waals surface area contributed by atoms with Gasteiger partial charge in [-0.25, -0.2) is 0 Å². The summed E-state index contributed by atoms with van der Waals surface area (Å²) in [4.78, 5) is 0. The molecular formula is C82H86BN3Si. The molecule has 0 saturated carbocycles. The topological polar surface area (TPSA) is 14.8 Å². The molecular weight excluding hydrogens is 1070 g/mol. The van der Waals surface area contributed by atoms with Crippen LogP contribution in [0.1, 0.15) is 184 Å². The average molecular weight is 1150 g/mol. The lowest BCUT2D eigenvalue weighted by Crippen LogP contribution is -2.77. The first kappa shape index (κ1) is 55.0. The summed E-state index contributed by atoms with van der Waals surface area (Å²) in [5, 5.41) is 14.3. The van der Waals surface area contributed by atoms with Crippen molar-refractivity contribution in [3.05, 3.63) is 178 Å². The Balaban J connectivity index is 1.17. The normalized spacial score (nSPS) is 15.3. The largest absolute Gasteiger partial charge is 0.310 e. The van der Waals surface area contributed by atoms with Crippen LogP contribution in [0.5, 0.6) is 0 Å². The van der Waals surface area contributed by atoms with E-state index in [1.165, 1.54) is 154 Å². The monoisotopic (exact) mass is 1150 g/mol. The van der Waals surface area contributed by atoms with Crippen molar-refractivity contribution < 1.29 is 0 Å². The number of hydrogen-bond donors (Lipinski definition) is 0. The second-order valence-electron chi connectivity index (χ2n) is 34.3. The third-order valence-electron chi connectivity index (χ3n) is 21.4. The number of hydrogen-bond acceptors (Lipinski definition) is 0. The highest BCUT2D eigenvalue weighted by atomic mass is 28.3. The fourth-order valence-corrected chi connectivity index (χ4v) is 22.4. The number of nitrogens with zero attached hydrogens (tertiary/aromatic N) is 3. The van der Waals surface area contributed by atoms with Crippen LogP contribution in [0.4, 0.5) is 0 Å². The maximum Gasteiger partial charge on any atom is 0.253 e. The van der Waals surface area contributed by atoms with E-state index in [4.69, 9.17) is 0 Å². The highest BCUT2D eigenvalue weighted by Crippen LogP contribution is 2.50. The molecule has 87 heavy (non-hydrogen) atoms. The summed E-state index contributed by atoms with van der Waals surface area (Å²) in [6, 6.07) is 58.1. The van der Waals surface area contributed by atoms with Crippen molar-refractivity contribution in [1.82, 2.24) is 13.7 Å². The maximum atomic E-state index is 2.87. The molecule has 0 bridgehead atoms. The molecule has 5 heteroatoms. The van der Waals surface area contributed by atoms with Gasteiger partial charge in [-0.1, -0.05) is 249 Å². The molecule has 9 aromatic carbocycles. The zero-order chi connectivity index (χ0) is 61.5. The highest BCUT2D eigenvalue weighted by molar-refractivity contribution is 7.24. The molecule has 0 unspecified atom stereocenters. The number of benzene rings is 9. The van der Waals surface area contributed by atoms with E-state index in [1.54, 1.807) is 15.6 Å². The summed E-state index contributed by atoms with van der Waals surface area (Å²) in [5.74, 6) is 0. The molecule has 3 nitrogen and oxygen atoms in total. The predicted octanol–water partition coefficient (Wildman–Crippen LogP) is 16.9. The molecule has 4 aliphatic heterocycles. The molecule has 1 spiro atoms. The van der Waals surface area contributed by atoms with Gasteiger partial charge in [-0.15, -0.1) is 0 Å². The lowest BCUT2D eigenvalue weighted by Gasteiger charge is -2.43. The summed E-state index contributed by atoms with van der Waals surface area (Å²) in [6.07, 6.45) is 0. The minimum atomic E-state index is -3.25. The third-order valence-corrected chi connectivity index (χ3v) is 26.2. The molecule has 0 aliphatic carbocycles. The smallest absolute Gasteiger partial charge is 0.253 e. The van der Waals surface area contributed by atoms with Gasteiger partial charge in [0.05, 0.1) is 33.3 Å². The minimum absolute atomic E-state index is 0.0383. The molecule has 3 aromatic heterocycles. The van der Waals surface area contributed by atoms with Gasteiger partial charge in [0.1, 0.15) is 0 Å². The van der Waals surface area contributed by atoms with E-state index < -0.39 is 8.07 Å². The van der Waals surface area contributed by atoms with Gasteiger partial charge in [-0.05, 0) is 162 Å². The fraction of sp³-hybridized carbons (Fsp3) is 0.341. The zero-order valence-corrected chi connectivity index (χ0v) is 56.7. The first-order valence-electron chi connectivity index (χ1n) is 32.5. The van der Waals surface area contributed by atoms with Crippen LogP contribution < -0.4 is 37.1 Å². The summed E-state index contributed by atoms with van der Waals surface area (Å²) in [5.41, 5.74) is 28.2. The second-order valence-corrected chi connectivity index (χ2v) is 37.9. The van der Waals surface area contributed by atoms with E-state index in [2.05, 4.69) is 299 Å². The van der Waals surface area contributed by atoms with Gasteiger partial charge in [0.2, 0.25) is 0 Å². The van der Waals surface area contributed by atoms with Gasteiger partial charge in [0.15, 0.2) is 8.07 Å². The summed E-state index contributed by atoms with van der Waals surface area (Å²) in [6.45, 7) is 50.8. The van der Waals surface area contributed by atoms with Crippen molar-refractivity contribution in [3.63, 3.8) is 0 Å². The summed E-state index contributed by atoms with van der Waals surface area (Å²) in [7, 11) is -3.25. The number of fused-ring (bicyclic) bond motifs is 18. The molecule has 0 saturated heterocycles. The quantitative estimate of drug-likeness (QED) is 0.146. The number of aromatic nitrogens is 3. The van der Waals surface area contributed by atoms with E-state index >= 15 is 0 Å². The molecule has 0 amide bonds. The van der Waals surface area contributed by atoms with E-state index in [9.17, 15) is 0 Å². The Morgan fingerprint density at radius 3 is 1.32 bits per heavy atom. The molecule has 16 rings (SSSR count). The van der Waals surface area contributed by atoms with Crippen molar-refractivity contribution in [3.8, 4) is 28.2 Å². The maximum absolute atomic E-state index is 3.25. The molecule has 7 heterocycles. The lowest BCUT2D eigenvalue weighted by molar-refractivity contribution is 0.545. The zero-order valence-electron chi connectivity index (χ0n) is 55.7. The number of rotatable bonds is 1. The van der Waals surface area contributed by atoms with Gasteiger partial charge in [-0.2, -0.15) is 0 Å². The Hall–Kier alpha value is -7.34. The number of para-hydroxylation sites is 2.